The number of unbranched alkanes of at least 4 members (excludes halogenated alkanes) is 4. The van der Waals surface area contributed by atoms with Crippen LogP contribution in [0.15, 0.2) is 23.8 Å². The maximum atomic E-state index is 13.5. The van der Waals surface area contributed by atoms with E-state index in [-0.39, 0.29) is 19.1 Å². The monoisotopic (exact) mass is 560 g/mol. The van der Waals surface area contributed by atoms with E-state index in [1.807, 2.05) is 6.92 Å². The molecule has 2 aliphatic rings. The summed E-state index contributed by atoms with van der Waals surface area (Å²) in [7, 11) is 1.46. The summed E-state index contributed by atoms with van der Waals surface area (Å²) >= 11 is 0. The van der Waals surface area contributed by atoms with Gasteiger partial charge in [-0.3, -0.25) is 14.4 Å². The number of hydrogen-bond donors (Lipinski definition) is 3. The number of nitrogens with one attached hydrogen (secondary N) is 1. The molecule has 0 unspecified atom stereocenters. The maximum absolute atomic E-state index is 13.5. The Morgan fingerprint density at radius 2 is 1.93 bits per heavy atom. The molecule has 40 heavy (non-hydrogen) atoms. The molecule has 3 N–H and O–H groups in total. The molecule has 0 spiro atoms. The maximum Gasteiger partial charge on any atom is 0.247 e. The number of rotatable bonds is 17. The van der Waals surface area contributed by atoms with Gasteiger partial charge in [-0.15, -0.1) is 0 Å². The number of carbonyl (C=O) groups excluding carboxylic acids is 3. The highest BCUT2D eigenvalue weighted by Gasteiger charge is 2.51. The van der Waals surface area contributed by atoms with E-state index in [9.17, 15) is 24.6 Å². The molecular weight excluding hydrogens is 516 g/mol. The number of carbonyl (C=O) groups is 3. The fourth-order valence-electron chi connectivity index (χ4n) is 5.50. The second kappa shape index (κ2) is 15.7. The Kier molecular flexibility index (Phi) is 12.4. The van der Waals surface area contributed by atoms with Crippen LogP contribution < -0.4 is 14.8 Å². The van der Waals surface area contributed by atoms with Gasteiger partial charge >= 0.3 is 0 Å². The van der Waals surface area contributed by atoms with Crippen molar-refractivity contribution in [1.29, 1.82) is 0 Å². The largest absolute Gasteiger partial charge is 0.493 e. The van der Waals surface area contributed by atoms with Crippen LogP contribution in [0.1, 0.15) is 80.6 Å². The molecule has 1 heterocycles. The normalized spacial score (nSPS) is 21.1. The molecule has 0 bridgehead atoms. The van der Waals surface area contributed by atoms with E-state index in [0.29, 0.717) is 67.1 Å². The fourth-order valence-corrected chi connectivity index (χ4v) is 5.50. The van der Waals surface area contributed by atoms with Crippen molar-refractivity contribution in [2.75, 3.05) is 40.0 Å². The van der Waals surface area contributed by atoms with Gasteiger partial charge < -0.3 is 34.6 Å². The van der Waals surface area contributed by atoms with Crippen molar-refractivity contribution in [1.82, 2.24) is 10.2 Å². The van der Waals surface area contributed by atoms with E-state index in [1.165, 1.54) is 7.11 Å². The minimum absolute atomic E-state index is 0.0426. The van der Waals surface area contributed by atoms with Crippen LogP contribution in [-0.4, -0.2) is 91.5 Å². The average molecular weight is 561 g/mol. The van der Waals surface area contributed by atoms with Gasteiger partial charge in [0.15, 0.2) is 11.5 Å². The molecule has 3 rings (SSSR count). The first kappa shape index (κ1) is 31.6. The first-order valence-electron chi connectivity index (χ1n) is 14.4. The van der Waals surface area contributed by atoms with Crippen LogP contribution >= 0.6 is 0 Å². The van der Waals surface area contributed by atoms with Crippen molar-refractivity contribution in [3.63, 3.8) is 0 Å². The number of methoxy groups -OCH3 is 1. The third-order valence-corrected chi connectivity index (χ3v) is 7.48. The highest BCUT2D eigenvalue weighted by molar-refractivity contribution is 5.96. The number of aldehydes is 1. The van der Waals surface area contributed by atoms with Crippen LogP contribution in [0.4, 0.5) is 0 Å². The lowest BCUT2D eigenvalue weighted by Gasteiger charge is -2.41. The summed E-state index contributed by atoms with van der Waals surface area (Å²) in [4.78, 5) is 40.2. The minimum atomic E-state index is -1.15. The smallest absolute Gasteiger partial charge is 0.247 e. The molecule has 222 valence electrons. The van der Waals surface area contributed by atoms with Gasteiger partial charge in [0, 0.05) is 49.4 Å². The SMILES string of the molecule is CCCCCCCC(=O)N(CCCOCC)[C@@H]1C=C(C(=O)NCCO)[C@@H]2c3cc(C=O)cc(OC)c3O[C@@H]2[C@H]1O. The summed E-state index contributed by atoms with van der Waals surface area (Å²) in [5, 5.41) is 23.7. The van der Waals surface area contributed by atoms with Crippen molar-refractivity contribution in [2.24, 2.45) is 0 Å². The first-order valence-corrected chi connectivity index (χ1v) is 14.4. The fraction of sp³-hybridized carbons (Fsp3) is 0.633. The van der Waals surface area contributed by atoms with Crippen LogP contribution in [0.3, 0.4) is 0 Å². The van der Waals surface area contributed by atoms with E-state index in [2.05, 4.69) is 12.2 Å². The summed E-state index contributed by atoms with van der Waals surface area (Å²) in [6.45, 7) is 5.22. The number of fused-ring (bicyclic) bond motifs is 3. The number of amides is 2. The highest BCUT2D eigenvalue weighted by atomic mass is 16.5. The Morgan fingerprint density at radius 3 is 2.60 bits per heavy atom. The summed E-state index contributed by atoms with van der Waals surface area (Å²) in [6.07, 6.45) is 6.21. The van der Waals surface area contributed by atoms with Crippen molar-refractivity contribution < 1.29 is 38.8 Å². The highest BCUT2D eigenvalue weighted by Crippen LogP contribution is 2.51. The average Bonchev–Trinajstić information content (AvgIpc) is 3.36. The van der Waals surface area contributed by atoms with Crippen molar-refractivity contribution in [3.05, 3.63) is 34.9 Å². The van der Waals surface area contributed by atoms with Gasteiger partial charge in [0.2, 0.25) is 11.8 Å². The van der Waals surface area contributed by atoms with E-state index in [0.717, 1.165) is 32.1 Å². The Balaban J connectivity index is 1.99. The topological polar surface area (TPSA) is 135 Å². The lowest BCUT2D eigenvalue weighted by Crippen LogP contribution is -2.56. The molecule has 0 saturated carbocycles. The number of ether oxygens (including phenoxy) is 3. The molecule has 1 aliphatic carbocycles. The molecular formula is C30H44N2O8. The Morgan fingerprint density at radius 1 is 1.15 bits per heavy atom. The Labute approximate surface area is 236 Å². The van der Waals surface area contributed by atoms with Gasteiger partial charge in [0.05, 0.1) is 25.7 Å². The summed E-state index contributed by atoms with van der Waals surface area (Å²) in [6, 6.07) is 2.37. The zero-order valence-corrected chi connectivity index (χ0v) is 23.9. The molecule has 0 aromatic heterocycles. The second-order valence-corrected chi connectivity index (χ2v) is 10.2. The number of benzene rings is 1. The molecule has 0 saturated heterocycles. The predicted molar refractivity (Wildman–Crippen MR) is 150 cm³/mol. The summed E-state index contributed by atoms with van der Waals surface area (Å²) in [5.74, 6) is -0.547. The number of aliphatic hydroxyl groups is 2. The van der Waals surface area contributed by atoms with Crippen LogP contribution in [0.25, 0.3) is 0 Å². The van der Waals surface area contributed by atoms with Gasteiger partial charge in [0.1, 0.15) is 18.5 Å². The van der Waals surface area contributed by atoms with E-state index in [4.69, 9.17) is 14.2 Å². The third kappa shape index (κ3) is 7.41. The summed E-state index contributed by atoms with van der Waals surface area (Å²) in [5.41, 5.74) is 1.21. The predicted octanol–water partition coefficient (Wildman–Crippen LogP) is 2.75. The van der Waals surface area contributed by atoms with Gasteiger partial charge in [-0.05, 0) is 38.0 Å². The first-order chi connectivity index (χ1) is 19.4. The van der Waals surface area contributed by atoms with Gasteiger partial charge in [0.25, 0.3) is 0 Å². The molecule has 10 heteroatoms. The Bertz CT molecular complexity index is 1040. The van der Waals surface area contributed by atoms with Crippen LogP contribution in [0.2, 0.25) is 0 Å². The number of nitrogens with zero attached hydrogens (tertiary/aromatic N) is 1. The Hall–Kier alpha value is -2.95. The standard InChI is InChI=1S/C30H44N2O8/c1-4-6-7-8-9-11-25(35)32(13-10-15-39-5-2)23-18-22(30(37)31-12-14-33)26-21-16-20(19-34)17-24(38-3)28(21)40-29(26)27(23)36/h16-19,23,26-27,29,33,36H,4-15H2,1-3H3,(H,31,37)/t23-,26+,27+,29+/m1/s1. The lowest BCUT2D eigenvalue weighted by molar-refractivity contribution is -0.137. The molecule has 1 aromatic rings. The minimum Gasteiger partial charge on any atom is -0.493 e. The second-order valence-electron chi connectivity index (χ2n) is 10.2. The zero-order chi connectivity index (χ0) is 29.1. The number of aliphatic hydroxyl groups excluding tert-OH is 2. The van der Waals surface area contributed by atoms with Crippen molar-refractivity contribution in [3.8, 4) is 11.5 Å². The van der Waals surface area contributed by atoms with Crippen LogP contribution in [0.5, 0.6) is 11.5 Å². The van der Waals surface area contributed by atoms with Crippen LogP contribution in [-0.2, 0) is 14.3 Å². The van der Waals surface area contributed by atoms with E-state index < -0.39 is 30.1 Å². The third-order valence-electron chi connectivity index (χ3n) is 7.48. The molecule has 4 atom stereocenters. The molecule has 2 amide bonds. The van der Waals surface area contributed by atoms with E-state index >= 15 is 0 Å². The molecule has 10 nitrogen and oxygen atoms in total. The van der Waals surface area contributed by atoms with Gasteiger partial charge in [-0.1, -0.05) is 32.6 Å². The summed E-state index contributed by atoms with van der Waals surface area (Å²) < 4.78 is 17.2. The lowest BCUT2D eigenvalue weighted by atomic mass is 9.77. The van der Waals surface area contributed by atoms with Gasteiger partial charge in [-0.25, -0.2) is 0 Å². The number of hydrogen-bond acceptors (Lipinski definition) is 8. The quantitative estimate of drug-likeness (QED) is 0.196. The van der Waals surface area contributed by atoms with Crippen molar-refractivity contribution in [2.45, 2.75) is 83.0 Å². The van der Waals surface area contributed by atoms with Crippen LogP contribution in [0, 0.1) is 0 Å². The molecule has 0 fully saturated rings. The molecule has 0 radical (unpaired) electrons. The molecule has 1 aromatic carbocycles. The van der Waals surface area contributed by atoms with E-state index in [1.54, 1.807) is 23.1 Å². The van der Waals surface area contributed by atoms with Crippen molar-refractivity contribution >= 4 is 18.1 Å². The molecule has 1 aliphatic heterocycles. The zero-order valence-electron chi connectivity index (χ0n) is 23.9. The van der Waals surface area contributed by atoms with Gasteiger partial charge in [-0.2, -0.15) is 0 Å².